The molecule has 0 saturated carbocycles. The molecule has 1 aliphatic heterocycles. The van der Waals surface area contributed by atoms with Gasteiger partial charge in [-0.1, -0.05) is 33.4 Å². The fourth-order valence-corrected chi connectivity index (χ4v) is 3.81. The number of hydrogen-bond acceptors (Lipinski definition) is 5. The van der Waals surface area contributed by atoms with Gasteiger partial charge in [0, 0.05) is 39.2 Å². The Labute approximate surface area is 153 Å². The molecule has 1 heterocycles. The van der Waals surface area contributed by atoms with E-state index in [-0.39, 0.29) is 5.91 Å². The molecule has 1 rings (SSSR count). The third-order valence-corrected chi connectivity index (χ3v) is 5.42. The minimum absolute atomic E-state index is 0.106. The summed E-state index contributed by atoms with van der Waals surface area (Å²) in [6.07, 6.45) is 5.50. The Morgan fingerprint density at radius 2 is 1.96 bits per heavy atom. The van der Waals surface area contributed by atoms with E-state index < -0.39 is 0 Å². The van der Waals surface area contributed by atoms with Gasteiger partial charge >= 0.3 is 0 Å². The van der Waals surface area contributed by atoms with Crippen LogP contribution in [-0.2, 0) is 4.79 Å². The maximum absolute atomic E-state index is 11.8. The molecule has 144 valence electrons. The fourth-order valence-electron chi connectivity index (χ4n) is 3.81. The predicted molar refractivity (Wildman–Crippen MR) is 104 cm³/mol. The van der Waals surface area contributed by atoms with E-state index in [0.29, 0.717) is 37.4 Å². The molecule has 0 aromatic rings. The summed E-state index contributed by atoms with van der Waals surface area (Å²) in [5.74, 6) is 7.04. The molecule has 6 nitrogen and oxygen atoms in total. The molecule has 1 amide bonds. The molecule has 0 bridgehead atoms. The van der Waals surface area contributed by atoms with Crippen molar-refractivity contribution >= 4 is 5.91 Å². The molecule has 25 heavy (non-hydrogen) atoms. The average molecular weight is 352 g/mol. The monoisotopic (exact) mass is 351 g/mol. The summed E-state index contributed by atoms with van der Waals surface area (Å²) in [5.41, 5.74) is 3.22. The van der Waals surface area contributed by atoms with E-state index in [9.17, 15) is 4.79 Å². The number of hydrazine groups is 1. The average Bonchev–Trinajstić information content (AvgIpc) is 2.81. The summed E-state index contributed by atoms with van der Waals surface area (Å²) in [6.45, 7) is 13.1. The van der Waals surface area contributed by atoms with E-state index in [2.05, 4.69) is 61.6 Å². The summed E-state index contributed by atoms with van der Waals surface area (Å²) in [6, 6.07) is 1.03. The van der Waals surface area contributed by atoms with Crippen LogP contribution in [0.3, 0.4) is 0 Å². The smallest absolute Gasteiger partial charge is 0.220 e. The molecular weight excluding hydrogens is 314 g/mol. The molecule has 0 aliphatic carbocycles. The van der Waals surface area contributed by atoms with Crippen LogP contribution in [0.2, 0.25) is 0 Å². The number of unbranched alkanes of at least 4 members (excludes halogenated alkanes) is 1. The first kappa shape index (κ1) is 21.4. The zero-order valence-corrected chi connectivity index (χ0v) is 16.5. The Hall–Kier alpha value is -1.69. The summed E-state index contributed by atoms with van der Waals surface area (Å²) < 4.78 is 0. The number of nitrogens with two attached hydrogens (primary N) is 1. The van der Waals surface area contributed by atoms with Crippen LogP contribution >= 0.6 is 0 Å². The van der Waals surface area contributed by atoms with E-state index in [1.165, 1.54) is 0 Å². The zero-order valence-electron chi connectivity index (χ0n) is 16.5. The maximum atomic E-state index is 11.8. The van der Waals surface area contributed by atoms with Crippen LogP contribution in [0.4, 0.5) is 0 Å². The highest BCUT2D eigenvalue weighted by atomic mass is 16.1. The standard InChI is InChI=1S/C19H37N5O/c1-7-17-19(24(6)16(4)23(17)5)14(2)10-8-9-11-18(25)21-13-12-15(3)22-20/h14,17,19,22H,3-4,7-13,20H2,1-2,5-6H3,(H,21,25)/t14-,17?,19?/m0/s1. The third kappa shape index (κ3) is 5.96. The second-order valence-electron chi connectivity index (χ2n) is 7.18. The molecule has 2 unspecified atom stereocenters. The van der Waals surface area contributed by atoms with Crippen molar-refractivity contribution in [2.24, 2.45) is 11.8 Å². The van der Waals surface area contributed by atoms with Gasteiger partial charge in [-0.2, -0.15) is 0 Å². The van der Waals surface area contributed by atoms with Gasteiger partial charge in [0.25, 0.3) is 0 Å². The van der Waals surface area contributed by atoms with Crippen LogP contribution in [0.1, 0.15) is 52.4 Å². The second-order valence-corrected chi connectivity index (χ2v) is 7.18. The van der Waals surface area contributed by atoms with Gasteiger partial charge < -0.3 is 20.5 Å². The van der Waals surface area contributed by atoms with E-state index >= 15 is 0 Å². The molecule has 1 fully saturated rings. The van der Waals surface area contributed by atoms with Crippen molar-refractivity contribution in [2.45, 2.75) is 64.5 Å². The van der Waals surface area contributed by atoms with Crippen molar-refractivity contribution in [3.63, 3.8) is 0 Å². The number of amides is 1. The lowest BCUT2D eigenvalue weighted by atomic mass is 9.89. The number of hydrogen-bond donors (Lipinski definition) is 3. The Morgan fingerprint density at radius 1 is 1.28 bits per heavy atom. The minimum atomic E-state index is 0.106. The Morgan fingerprint density at radius 3 is 2.56 bits per heavy atom. The van der Waals surface area contributed by atoms with Crippen LogP contribution in [0.25, 0.3) is 0 Å². The number of nitrogens with one attached hydrogen (secondary N) is 2. The topological polar surface area (TPSA) is 73.6 Å². The van der Waals surface area contributed by atoms with Gasteiger partial charge in [-0.15, -0.1) is 0 Å². The molecule has 6 heteroatoms. The lowest BCUT2D eigenvalue weighted by Gasteiger charge is -2.30. The highest BCUT2D eigenvalue weighted by molar-refractivity contribution is 5.75. The minimum Gasteiger partial charge on any atom is -0.357 e. The first-order valence-corrected chi connectivity index (χ1v) is 9.39. The summed E-state index contributed by atoms with van der Waals surface area (Å²) in [7, 11) is 4.28. The molecule has 0 aromatic heterocycles. The summed E-state index contributed by atoms with van der Waals surface area (Å²) >= 11 is 0. The molecular formula is C19H37N5O. The number of carbonyl (C=O) groups excluding carboxylic acids is 1. The van der Waals surface area contributed by atoms with Crippen LogP contribution in [0.5, 0.6) is 0 Å². The molecule has 0 aromatic carbocycles. The largest absolute Gasteiger partial charge is 0.357 e. The number of nitrogens with zero attached hydrogens (tertiary/aromatic N) is 2. The van der Waals surface area contributed by atoms with Crippen LogP contribution in [0.15, 0.2) is 24.7 Å². The second kappa shape index (κ2) is 10.3. The lowest BCUT2D eigenvalue weighted by molar-refractivity contribution is -0.121. The van der Waals surface area contributed by atoms with Crippen molar-refractivity contribution in [1.29, 1.82) is 0 Å². The molecule has 1 aliphatic rings. The van der Waals surface area contributed by atoms with Crippen molar-refractivity contribution in [2.75, 3.05) is 20.6 Å². The number of rotatable bonds is 11. The normalized spacial score (nSPS) is 21.4. The lowest BCUT2D eigenvalue weighted by Crippen LogP contribution is -2.39. The quantitative estimate of drug-likeness (QED) is 0.302. The first-order chi connectivity index (χ1) is 11.8. The number of likely N-dealkylation sites (N-methyl/N-ethyl adjacent to an activating group) is 2. The molecule has 0 radical (unpaired) electrons. The van der Waals surface area contributed by atoms with E-state index in [0.717, 1.165) is 37.2 Å². The van der Waals surface area contributed by atoms with E-state index in [1.54, 1.807) is 0 Å². The summed E-state index contributed by atoms with van der Waals surface area (Å²) in [5, 5.41) is 2.90. The van der Waals surface area contributed by atoms with Gasteiger partial charge in [0.05, 0.1) is 17.9 Å². The van der Waals surface area contributed by atoms with Crippen molar-refractivity contribution in [3.05, 3.63) is 24.7 Å². The van der Waals surface area contributed by atoms with E-state index in [1.807, 2.05) is 0 Å². The van der Waals surface area contributed by atoms with Crippen LogP contribution in [-0.4, -0.2) is 48.4 Å². The van der Waals surface area contributed by atoms with Crippen LogP contribution in [0, 0.1) is 5.92 Å². The highest BCUT2D eigenvalue weighted by Gasteiger charge is 2.39. The molecule has 0 spiro atoms. The van der Waals surface area contributed by atoms with Gasteiger partial charge in [-0.05, 0) is 25.2 Å². The van der Waals surface area contributed by atoms with E-state index in [4.69, 9.17) is 5.84 Å². The maximum Gasteiger partial charge on any atom is 0.220 e. The zero-order chi connectivity index (χ0) is 19.0. The molecule has 3 atom stereocenters. The first-order valence-electron chi connectivity index (χ1n) is 9.39. The summed E-state index contributed by atoms with van der Waals surface area (Å²) in [4.78, 5) is 16.5. The Bertz CT molecular complexity index is 465. The van der Waals surface area contributed by atoms with Gasteiger partial charge in [-0.25, -0.2) is 0 Å². The Kier molecular flexibility index (Phi) is 8.83. The van der Waals surface area contributed by atoms with Crippen molar-refractivity contribution in [1.82, 2.24) is 20.5 Å². The third-order valence-electron chi connectivity index (χ3n) is 5.42. The van der Waals surface area contributed by atoms with Crippen LogP contribution < -0.4 is 16.6 Å². The fraction of sp³-hybridized carbons (Fsp3) is 0.737. The highest BCUT2D eigenvalue weighted by Crippen LogP contribution is 2.33. The Balaban J connectivity index is 2.28. The van der Waals surface area contributed by atoms with Gasteiger partial charge in [0.1, 0.15) is 0 Å². The molecule has 4 N–H and O–H groups in total. The predicted octanol–water partition coefficient (Wildman–Crippen LogP) is 2.16. The van der Waals surface area contributed by atoms with Gasteiger partial charge in [0.2, 0.25) is 5.91 Å². The van der Waals surface area contributed by atoms with Gasteiger partial charge in [0.15, 0.2) is 0 Å². The SMILES string of the molecule is C=C(CCNC(=O)CCCC[C@H](C)C1C(CC)N(C)C(=C)N1C)NN. The number of carbonyl (C=O) groups is 1. The molecule has 1 saturated heterocycles. The van der Waals surface area contributed by atoms with Crippen molar-refractivity contribution in [3.8, 4) is 0 Å². The van der Waals surface area contributed by atoms with Gasteiger partial charge in [-0.3, -0.25) is 10.6 Å². The van der Waals surface area contributed by atoms with Crippen molar-refractivity contribution < 1.29 is 4.79 Å².